The monoisotopic (exact) mass is 1190 g/mol. The molecule has 18 aromatic rings. The Labute approximate surface area is 540 Å². The number of pyridine rings is 3. The van der Waals surface area contributed by atoms with Gasteiger partial charge in [-0.15, -0.1) is 6.58 Å². The van der Waals surface area contributed by atoms with Gasteiger partial charge < -0.3 is 4.40 Å². The van der Waals surface area contributed by atoms with Crippen LogP contribution in [-0.4, -0.2) is 19.4 Å². The van der Waals surface area contributed by atoms with Gasteiger partial charge in [-0.3, -0.25) is 4.98 Å². The zero-order valence-corrected chi connectivity index (χ0v) is 51.7. The molecule has 0 atom stereocenters. The number of aromatic nitrogens is 4. The Bertz CT molecular complexity index is 5880. The molecule has 438 valence electrons. The van der Waals surface area contributed by atoms with Gasteiger partial charge in [-0.2, -0.15) is 0 Å². The van der Waals surface area contributed by atoms with E-state index in [1.807, 2.05) is 25.3 Å². The molecular weight excluding hydrogens is 1130 g/mol. The second-order valence-corrected chi connectivity index (χ2v) is 24.0. The molecule has 0 N–H and O–H groups in total. The number of fused-ring (bicyclic) bond motifs is 9. The fraction of sp³-hybridized carbons (Fsp3) is 0.0225. The van der Waals surface area contributed by atoms with E-state index in [2.05, 4.69) is 321 Å². The van der Waals surface area contributed by atoms with Gasteiger partial charge in [-0.05, 0) is 194 Å². The molecule has 0 radical (unpaired) electrons. The third-order valence-corrected chi connectivity index (χ3v) is 18.1. The minimum atomic E-state index is 0.908. The number of benzene rings is 14. The quantitative estimate of drug-likeness (QED) is 0.118. The third kappa shape index (κ3) is 10.5. The predicted molar refractivity (Wildman–Crippen MR) is 396 cm³/mol. The maximum absolute atomic E-state index is 5.21. The van der Waals surface area contributed by atoms with Crippen molar-refractivity contribution >= 4 is 92.0 Å². The highest BCUT2D eigenvalue weighted by Crippen LogP contribution is 2.47. The summed E-state index contributed by atoms with van der Waals surface area (Å²) < 4.78 is 2.10. The Morgan fingerprint density at radius 3 is 1.19 bits per heavy atom. The van der Waals surface area contributed by atoms with E-state index in [0.717, 1.165) is 50.3 Å². The highest BCUT2D eigenvalue weighted by atomic mass is 15.0. The summed E-state index contributed by atoms with van der Waals surface area (Å²) >= 11 is 0. The first kappa shape index (κ1) is 56.1. The van der Waals surface area contributed by atoms with Crippen LogP contribution in [0.5, 0.6) is 0 Å². The average molecular weight is 1190 g/mol. The highest BCUT2D eigenvalue weighted by Gasteiger charge is 2.21. The number of para-hydroxylation sites is 1. The van der Waals surface area contributed by atoms with Crippen LogP contribution >= 0.6 is 0 Å². The lowest BCUT2D eigenvalue weighted by molar-refractivity contribution is 1.16. The van der Waals surface area contributed by atoms with Crippen molar-refractivity contribution in [3.05, 3.63) is 340 Å². The van der Waals surface area contributed by atoms with Crippen LogP contribution in [0.15, 0.2) is 335 Å². The van der Waals surface area contributed by atoms with E-state index < -0.39 is 0 Å². The number of hydrogen-bond donors (Lipinski definition) is 0. The van der Waals surface area contributed by atoms with Crippen molar-refractivity contribution in [1.29, 1.82) is 0 Å². The Morgan fingerprint density at radius 1 is 0.290 bits per heavy atom. The normalized spacial score (nSPS) is 11.4. The molecule has 4 heterocycles. The Morgan fingerprint density at radius 2 is 0.677 bits per heavy atom. The predicted octanol–water partition coefficient (Wildman–Crippen LogP) is 24.2. The summed E-state index contributed by atoms with van der Waals surface area (Å²) in [7, 11) is 0. The van der Waals surface area contributed by atoms with E-state index in [-0.39, 0.29) is 0 Å². The number of nitrogens with zero attached hydrogens (tertiary/aromatic N) is 4. The molecule has 0 unspecified atom stereocenters. The van der Waals surface area contributed by atoms with Crippen LogP contribution in [0.2, 0.25) is 0 Å². The van der Waals surface area contributed by atoms with Gasteiger partial charge in [0.25, 0.3) is 0 Å². The number of rotatable bonds is 7. The lowest BCUT2D eigenvalue weighted by Crippen LogP contribution is -1.93. The van der Waals surface area contributed by atoms with Crippen molar-refractivity contribution in [2.45, 2.75) is 13.8 Å². The lowest BCUT2D eigenvalue weighted by atomic mass is 9.84. The average Bonchev–Trinajstić information content (AvgIpc) is 0.790. The van der Waals surface area contributed by atoms with Crippen LogP contribution < -0.4 is 0 Å². The standard InChI is InChI=1S/C48H30N2.C38H26N2.C3H6/c1-3-12-33-26-37(22-20-31(33)10-1)47-40-15-6-7-16-41(40)48(38-23-21-32-11-2-4-13-34(32)27-38)43-29-36(24-25-42(43)47)45-18-9-19-46(50-45)39-28-35-14-5-8-17-44(35)49-30-39;1-25-14-21-36-39-35(24-40(36)23-25)27-16-18-28(19-17-27)37-31-10-4-6-12-33(31)38(34-13-7-5-11-32(34)37)30-20-15-26-8-2-3-9-29(26)22-30;1-3-2/h1-30H;2-24H,1H3;3H,1H2,2H3. The molecule has 0 amide bonds. The maximum atomic E-state index is 5.21. The Hall–Kier alpha value is -12.1. The number of hydrogen-bond acceptors (Lipinski definition) is 3. The topological polar surface area (TPSA) is 43.1 Å². The fourth-order valence-electron chi connectivity index (χ4n) is 13.8. The molecule has 0 saturated heterocycles. The van der Waals surface area contributed by atoms with Crippen LogP contribution in [-0.2, 0) is 0 Å². The lowest BCUT2D eigenvalue weighted by Gasteiger charge is -2.19. The van der Waals surface area contributed by atoms with Gasteiger partial charge in [0, 0.05) is 40.7 Å². The SMILES string of the molecule is C=CC.Cc1ccc2nc(-c3ccc(-c4c5ccccc5c(-c5ccc6ccccc6c5)c5ccccc45)cc3)cn2c1.c1cc(-c2cnc3ccccc3c2)nc(-c2ccc3c(-c4ccc5ccccc5c4)c4ccccc4c(-c4ccc5ccccc5c4)c3c2)c1. The molecule has 0 fully saturated rings. The summed E-state index contributed by atoms with van der Waals surface area (Å²) in [6.07, 6.45) is 7.91. The summed E-state index contributed by atoms with van der Waals surface area (Å²) in [5.41, 5.74) is 19.1. The van der Waals surface area contributed by atoms with Gasteiger partial charge in [0.15, 0.2) is 0 Å². The second-order valence-electron chi connectivity index (χ2n) is 24.0. The van der Waals surface area contributed by atoms with Crippen LogP contribution in [0.25, 0.3) is 170 Å². The van der Waals surface area contributed by atoms with Gasteiger partial charge in [0.2, 0.25) is 0 Å². The van der Waals surface area contributed by atoms with E-state index in [1.165, 1.54) is 125 Å². The van der Waals surface area contributed by atoms with Gasteiger partial charge in [0.1, 0.15) is 5.65 Å². The molecule has 14 aromatic carbocycles. The molecule has 0 saturated carbocycles. The second kappa shape index (κ2) is 24.0. The van der Waals surface area contributed by atoms with Gasteiger partial charge in [-0.1, -0.05) is 255 Å². The van der Waals surface area contributed by atoms with Gasteiger partial charge >= 0.3 is 0 Å². The molecule has 0 aliphatic rings. The van der Waals surface area contributed by atoms with Crippen LogP contribution in [0.1, 0.15) is 12.5 Å². The Balaban J connectivity index is 0.000000145. The van der Waals surface area contributed by atoms with Crippen molar-refractivity contribution < 1.29 is 0 Å². The summed E-state index contributed by atoms with van der Waals surface area (Å²) in [6.45, 7) is 7.35. The molecule has 4 aromatic heterocycles. The first-order valence-corrected chi connectivity index (χ1v) is 31.8. The highest BCUT2D eigenvalue weighted by molar-refractivity contribution is 6.24. The van der Waals surface area contributed by atoms with E-state index in [4.69, 9.17) is 15.0 Å². The third-order valence-electron chi connectivity index (χ3n) is 18.1. The molecule has 0 bridgehead atoms. The minimum absolute atomic E-state index is 0.908. The van der Waals surface area contributed by atoms with E-state index >= 15 is 0 Å². The van der Waals surface area contributed by atoms with Crippen molar-refractivity contribution in [3.8, 4) is 78.3 Å². The first-order valence-electron chi connectivity index (χ1n) is 31.8. The van der Waals surface area contributed by atoms with Gasteiger partial charge in [-0.25, -0.2) is 9.97 Å². The number of allylic oxidation sites excluding steroid dienone is 1. The van der Waals surface area contributed by atoms with Crippen molar-refractivity contribution in [2.75, 3.05) is 0 Å². The van der Waals surface area contributed by atoms with E-state index in [1.54, 1.807) is 6.08 Å². The van der Waals surface area contributed by atoms with E-state index in [9.17, 15) is 0 Å². The molecule has 0 aliphatic carbocycles. The summed E-state index contributed by atoms with van der Waals surface area (Å²) in [6, 6.07) is 110. The zero-order valence-electron chi connectivity index (χ0n) is 51.7. The van der Waals surface area contributed by atoms with Gasteiger partial charge in [0.05, 0.1) is 22.6 Å². The van der Waals surface area contributed by atoms with Crippen molar-refractivity contribution in [3.63, 3.8) is 0 Å². The van der Waals surface area contributed by atoms with Crippen molar-refractivity contribution in [1.82, 2.24) is 19.4 Å². The molecule has 93 heavy (non-hydrogen) atoms. The van der Waals surface area contributed by atoms with Crippen LogP contribution in [0.4, 0.5) is 0 Å². The van der Waals surface area contributed by atoms with Crippen molar-refractivity contribution in [2.24, 2.45) is 0 Å². The Kier molecular flexibility index (Phi) is 14.5. The largest absolute Gasteiger partial charge is 0.306 e. The molecule has 0 aliphatic heterocycles. The summed E-state index contributed by atoms with van der Waals surface area (Å²) in [5, 5.41) is 18.6. The van der Waals surface area contributed by atoms with Crippen LogP contribution in [0, 0.1) is 6.92 Å². The summed E-state index contributed by atoms with van der Waals surface area (Å²) in [4.78, 5) is 14.8. The smallest absolute Gasteiger partial charge is 0.137 e. The summed E-state index contributed by atoms with van der Waals surface area (Å²) in [5.74, 6) is 0. The van der Waals surface area contributed by atoms with Crippen LogP contribution in [0.3, 0.4) is 0 Å². The fourth-order valence-corrected chi connectivity index (χ4v) is 13.8. The molecular formula is C89H62N4. The molecule has 4 heteroatoms. The molecule has 18 rings (SSSR count). The minimum Gasteiger partial charge on any atom is -0.306 e. The number of aryl methyl sites for hydroxylation is 1. The number of imidazole rings is 1. The molecule has 4 nitrogen and oxygen atoms in total. The van der Waals surface area contributed by atoms with E-state index in [0.29, 0.717) is 0 Å². The first-order chi connectivity index (χ1) is 45.9. The zero-order chi connectivity index (χ0) is 62.4. The maximum Gasteiger partial charge on any atom is 0.137 e. The molecule has 0 spiro atoms.